The Morgan fingerprint density at radius 1 is 1.37 bits per heavy atom. The molecule has 2 N–H and O–H groups in total. The Morgan fingerprint density at radius 2 is 2.21 bits per heavy atom. The zero-order valence-electron chi connectivity index (χ0n) is 12.5. The first kappa shape index (κ1) is 14.8. The van der Waals surface area contributed by atoms with Crippen molar-refractivity contribution in [1.29, 1.82) is 0 Å². The van der Waals surface area contributed by atoms with E-state index in [0.717, 1.165) is 25.4 Å². The molecule has 0 aromatic carbocycles. The predicted molar refractivity (Wildman–Crippen MR) is 78.1 cm³/mol. The standard InChI is InChI=1S/C15H29N3O/c1-12-6-5-9-18(11-12)13(2)10-17-15(19)14-7-3-4-8-16-14/h12-14,16H,3-11H2,1-2H3,(H,17,19). The van der Waals surface area contributed by atoms with Crippen molar-refractivity contribution in [1.82, 2.24) is 15.5 Å². The molecule has 2 rings (SSSR count). The Kier molecular flexibility index (Phi) is 5.64. The number of likely N-dealkylation sites (tertiary alicyclic amines) is 1. The summed E-state index contributed by atoms with van der Waals surface area (Å²) in [7, 11) is 0. The third kappa shape index (κ3) is 4.46. The van der Waals surface area contributed by atoms with Crippen molar-refractivity contribution >= 4 is 5.91 Å². The van der Waals surface area contributed by atoms with Gasteiger partial charge in [0.2, 0.25) is 5.91 Å². The summed E-state index contributed by atoms with van der Waals surface area (Å²) in [5.74, 6) is 0.989. The number of hydrogen-bond donors (Lipinski definition) is 2. The van der Waals surface area contributed by atoms with E-state index in [9.17, 15) is 4.79 Å². The summed E-state index contributed by atoms with van der Waals surface area (Å²) in [5, 5.41) is 6.42. The third-order valence-corrected chi connectivity index (χ3v) is 4.51. The van der Waals surface area contributed by atoms with Crippen LogP contribution in [0.1, 0.15) is 46.0 Å². The van der Waals surface area contributed by atoms with Gasteiger partial charge in [0.05, 0.1) is 6.04 Å². The minimum Gasteiger partial charge on any atom is -0.353 e. The van der Waals surface area contributed by atoms with Crippen molar-refractivity contribution in [2.45, 2.75) is 58.0 Å². The number of nitrogens with one attached hydrogen (secondary N) is 2. The van der Waals surface area contributed by atoms with Crippen LogP contribution < -0.4 is 10.6 Å². The zero-order chi connectivity index (χ0) is 13.7. The minimum atomic E-state index is 0.0428. The lowest BCUT2D eigenvalue weighted by Gasteiger charge is -2.36. The highest BCUT2D eigenvalue weighted by Gasteiger charge is 2.23. The van der Waals surface area contributed by atoms with E-state index in [4.69, 9.17) is 0 Å². The first-order valence-corrected chi connectivity index (χ1v) is 7.92. The summed E-state index contributed by atoms with van der Waals surface area (Å²) >= 11 is 0. The molecule has 2 aliphatic rings. The molecular formula is C15H29N3O. The summed E-state index contributed by atoms with van der Waals surface area (Å²) in [4.78, 5) is 14.6. The molecule has 2 heterocycles. The first-order chi connectivity index (χ1) is 9.16. The molecule has 110 valence electrons. The van der Waals surface area contributed by atoms with E-state index >= 15 is 0 Å². The van der Waals surface area contributed by atoms with E-state index in [1.165, 1.54) is 38.8 Å². The second-order valence-electron chi connectivity index (χ2n) is 6.34. The van der Waals surface area contributed by atoms with Crippen LogP contribution in [0.25, 0.3) is 0 Å². The third-order valence-electron chi connectivity index (χ3n) is 4.51. The summed E-state index contributed by atoms with van der Waals surface area (Å²) in [6, 6.07) is 0.497. The molecule has 0 aromatic heterocycles. The van der Waals surface area contributed by atoms with Gasteiger partial charge in [-0.05, 0) is 51.6 Å². The molecule has 2 saturated heterocycles. The normalized spacial score (nSPS) is 30.8. The molecule has 0 aromatic rings. The maximum Gasteiger partial charge on any atom is 0.237 e. The average molecular weight is 267 g/mol. The summed E-state index contributed by atoms with van der Waals surface area (Å²) in [5.41, 5.74) is 0. The minimum absolute atomic E-state index is 0.0428. The van der Waals surface area contributed by atoms with Gasteiger partial charge < -0.3 is 10.6 Å². The van der Waals surface area contributed by atoms with Gasteiger partial charge in [-0.25, -0.2) is 0 Å². The fourth-order valence-electron chi connectivity index (χ4n) is 3.20. The molecule has 0 saturated carbocycles. The zero-order valence-corrected chi connectivity index (χ0v) is 12.5. The maximum absolute atomic E-state index is 12.1. The average Bonchev–Trinajstić information content (AvgIpc) is 2.45. The van der Waals surface area contributed by atoms with Crippen molar-refractivity contribution in [2.75, 3.05) is 26.2 Å². The lowest BCUT2D eigenvalue weighted by atomic mass is 9.99. The van der Waals surface area contributed by atoms with Crippen LogP contribution in [0.3, 0.4) is 0 Å². The van der Waals surface area contributed by atoms with Gasteiger partial charge in [-0.15, -0.1) is 0 Å². The Morgan fingerprint density at radius 3 is 2.89 bits per heavy atom. The molecule has 2 fully saturated rings. The molecule has 1 amide bonds. The summed E-state index contributed by atoms with van der Waals surface area (Å²) < 4.78 is 0. The van der Waals surface area contributed by atoms with Crippen LogP contribution in [0.15, 0.2) is 0 Å². The molecule has 3 atom stereocenters. The van der Waals surface area contributed by atoms with Crippen molar-refractivity contribution in [2.24, 2.45) is 5.92 Å². The quantitative estimate of drug-likeness (QED) is 0.808. The fourth-order valence-corrected chi connectivity index (χ4v) is 3.20. The largest absolute Gasteiger partial charge is 0.353 e. The second kappa shape index (κ2) is 7.25. The Labute approximate surface area is 117 Å². The van der Waals surface area contributed by atoms with Crippen LogP contribution in [0.4, 0.5) is 0 Å². The van der Waals surface area contributed by atoms with E-state index in [0.29, 0.717) is 6.04 Å². The van der Waals surface area contributed by atoms with E-state index in [1.807, 2.05) is 0 Å². The van der Waals surface area contributed by atoms with Gasteiger partial charge in [-0.3, -0.25) is 9.69 Å². The van der Waals surface area contributed by atoms with Gasteiger partial charge >= 0.3 is 0 Å². The molecule has 19 heavy (non-hydrogen) atoms. The van der Waals surface area contributed by atoms with E-state index < -0.39 is 0 Å². The number of nitrogens with zero attached hydrogens (tertiary/aromatic N) is 1. The van der Waals surface area contributed by atoms with Crippen LogP contribution in [-0.4, -0.2) is 49.1 Å². The Hall–Kier alpha value is -0.610. The van der Waals surface area contributed by atoms with Crippen LogP contribution in [0.5, 0.6) is 0 Å². The molecule has 0 spiro atoms. The maximum atomic E-state index is 12.1. The highest BCUT2D eigenvalue weighted by atomic mass is 16.2. The van der Waals surface area contributed by atoms with Gasteiger partial charge in [0.25, 0.3) is 0 Å². The monoisotopic (exact) mass is 267 g/mol. The predicted octanol–water partition coefficient (Wildman–Crippen LogP) is 1.37. The van der Waals surface area contributed by atoms with Crippen molar-refractivity contribution in [3.63, 3.8) is 0 Å². The topological polar surface area (TPSA) is 44.4 Å². The lowest BCUT2D eigenvalue weighted by Crippen LogP contribution is -2.51. The Balaban J connectivity index is 1.70. The number of carbonyl (C=O) groups excluding carboxylic acids is 1. The first-order valence-electron chi connectivity index (χ1n) is 7.92. The van der Waals surface area contributed by atoms with E-state index in [1.54, 1.807) is 0 Å². The number of amides is 1. The highest BCUT2D eigenvalue weighted by molar-refractivity contribution is 5.81. The molecule has 4 nitrogen and oxygen atoms in total. The van der Waals surface area contributed by atoms with Gasteiger partial charge in [-0.2, -0.15) is 0 Å². The van der Waals surface area contributed by atoms with Gasteiger partial charge in [0.1, 0.15) is 0 Å². The number of piperidine rings is 2. The smallest absolute Gasteiger partial charge is 0.237 e. The molecule has 4 heteroatoms. The van der Waals surface area contributed by atoms with Gasteiger partial charge in [0.15, 0.2) is 0 Å². The molecule has 3 unspecified atom stereocenters. The van der Waals surface area contributed by atoms with Crippen LogP contribution in [0, 0.1) is 5.92 Å². The van der Waals surface area contributed by atoms with Gasteiger partial charge in [0, 0.05) is 19.1 Å². The van der Waals surface area contributed by atoms with Gasteiger partial charge in [-0.1, -0.05) is 13.3 Å². The number of rotatable bonds is 4. The van der Waals surface area contributed by atoms with Crippen molar-refractivity contribution in [3.05, 3.63) is 0 Å². The van der Waals surface area contributed by atoms with Crippen LogP contribution in [-0.2, 0) is 4.79 Å². The van der Waals surface area contributed by atoms with Crippen LogP contribution in [0.2, 0.25) is 0 Å². The molecular weight excluding hydrogens is 238 g/mol. The Bertz CT molecular complexity index is 289. The number of hydrogen-bond acceptors (Lipinski definition) is 3. The summed E-state index contributed by atoms with van der Waals surface area (Å²) in [6.45, 7) is 8.68. The van der Waals surface area contributed by atoms with Crippen molar-refractivity contribution < 1.29 is 4.79 Å². The molecule has 0 aliphatic carbocycles. The van der Waals surface area contributed by atoms with E-state index in [-0.39, 0.29) is 11.9 Å². The highest BCUT2D eigenvalue weighted by Crippen LogP contribution is 2.17. The SMILES string of the molecule is CC1CCCN(C(C)CNC(=O)C2CCCCN2)C1. The van der Waals surface area contributed by atoms with Crippen LogP contribution >= 0.6 is 0 Å². The molecule has 0 bridgehead atoms. The number of carbonyl (C=O) groups is 1. The second-order valence-corrected chi connectivity index (χ2v) is 6.34. The summed E-state index contributed by atoms with van der Waals surface area (Å²) in [6.07, 6.45) is 6.00. The fraction of sp³-hybridized carbons (Fsp3) is 0.933. The van der Waals surface area contributed by atoms with E-state index in [2.05, 4.69) is 29.4 Å². The molecule has 0 radical (unpaired) electrons. The molecule has 2 aliphatic heterocycles. The van der Waals surface area contributed by atoms with Crippen molar-refractivity contribution in [3.8, 4) is 0 Å². The lowest BCUT2D eigenvalue weighted by molar-refractivity contribution is -0.123.